The van der Waals surface area contributed by atoms with Crippen LogP contribution in [0.4, 0.5) is 5.82 Å². The molecule has 0 radical (unpaired) electrons. The van der Waals surface area contributed by atoms with Gasteiger partial charge in [-0.1, -0.05) is 44.2 Å². The molecule has 1 aromatic heterocycles. The van der Waals surface area contributed by atoms with Gasteiger partial charge in [0.1, 0.15) is 5.82 Å². The van der Waals surface area contributed by atoms with Crippen LogP contribution in [0.1, 0.15) is 48.7 Å². The molecule has 1 atom stereocenters. The van der Waals surface area contributed by atoms with E-state index in [4.69, 9.17) is 10.1 Å². The van der Waals surface area contributed by atoms with Crippen LogP contribution in [-0.4, -0.2) is 28.5 Å². The van der Waals surface area contributed by atoms with Crippen LogP contribution in [0.25, 0.3) is 10.9 Å². The Labute approximate surface area is 176 Å². The number of pyridine rings is 1. The highest BCUT2D eigenvalue weighted by atomic mass is 16.4. The first-order chi connectivity index (χ1) is 14.4. The zero-order chi connectivity index (χ0) is 21.5. The third kappa shape index (κ3) is 5.80. The quantitative estimate of drug-likeness (QED) is 0.482. The Bertz CT molecular complexity index is 1020. The van der Waals surface area contributed by atoms with Gasteiger partial charge in [-0.25, -0.2) is 4.98 Å². The molecule has 2 aromatic carbocycles. The SMILES string of the molecule is CC(C)C[C@H](Nc1ccc2ccccc2n1)c1ccc(C(=O)NCCC(=O)O)cc1. The van der Waals surface area contributed by atoms with Crippen LogP contribution >= 0.6 is 0 Å². The van der Waals surface area contributed by atoms with Gasteiger partial charge in [-0.3, -0.25) is 9.59 Å². The van der Waals surface area contributed by atoms with Crippen LogP contribution in [0.2, 0.25) is 0 Å². The minimum atomic E-state index is -0.935. The molecule has 3 aromatic rings. The van der Waals surface area contributed by atoms with Gasteiger partial charge in [0, 0.05) is 17.5 Å². The van der Waals surface area contributed by atoms with E-state index in [2.05, 4.69) is 30.5 Å². The van der Waals surface area contributed by atoms with Crippen molar-refractivity contribution in [2.24, 2.45) is 5.92 Å². The number of aromatic nitrogens is 1. The molecular formula is C24H27N3O3. The lowest BCUT2D eigenvalue weighted by Gasteiger charge is -2.22. The molecule has 6 nitrogen and oxygen atoms in total. The highest BCUT2D eigenvalue weighted by Crippen LogP contribution is 2.26. The molecule has 1 amide bonds. The van der Waals surface area contributed by atoms with Crippen molar-refractivity contribution in [1.82, 2.24) is 10.3 Å². The van der Waals surface area contributed by atoms with E-state index in [1.807, 2.05) is 42.5 Å². The number of carbonyl (C=O) groups is 2. The van der Waals surface area contributed by atoms with Gasteiger partial charge in [0.2, 0.25) is 0 Å². The molecule has 0 unspecified atom stereocenters. The van der Waals surface area contributed by atoms with E-state index in [1.54, 1.807) is 12.1 Å². The Hall–Kier alpha value is -3.41. The molecular weight excluding hydrogens is 378 g/mol. The molecule has 30 heavy (non-hydrogen) atoms. The molecule has 0 aliphatic heterocycles. The van der Waals surface area contributed by atoms with Crippen molar-refractivity contribution >= 4 is 28.6 Å². The van der Waals surface area contributed by atoms with E-state index in [0.29, 0.717) is 11.5 Å². The molecule has 3 N–H and O–H groups in total. The van der Waals surface area contributed by atoms with E-state index in [9.17, 15) is 9.59 Å². The minimum absolute atomic E-state index is 0.0581. The zero-order valence-corrected chi connectivity index (χ0v) is 17.3. The normalized spacial score (nSPS) is 12.0. The van der Waals surface area contributed by atoms with E-state index in [0.717, 1.165) is 28.7 Å². The lowest BCUT2D eigenvalue weighted by atomic mass is 9.96. The van der Waals surface area contributed by atoms with Crippen LogP contribution < -0.4 is 10.6 Å². The number of hydrogen-bond donors (Lipinski definition) is 3. The summed E-state index contributed by atoms with van der Waals surface area (Å²) in [5.74, 6) is 0.0831. The molecule has 0 fully saturated rings. The summed E-state index contributed by atoms with van der Waals surface area (Å²) in [4.78, 5) is 27.5. The number of carbonyl (C=O) groups excluding carboxylic acids is 1. The first-order valence-corrected chi connectivity index (χ1v) is 10.1. The van der Waals surface area contributed by atoms with Crippen molar-refractivity contribution < 1.29 is 14.7 Å². The van der Waals surface area contributed by atoms with Gasteiger partial charge >= 0.3 is 5.97 Å². The predicted molar refractivity (Wildman–Crippen MR) is 119 cm³/mol. The fraction of sp³-hybridized carbons (Fsp3) is 0.292. The van der Waals surface area contributed by atoms with Gasteiger partial charge in [0.25, 0.3) is 5.91 Å². The summed E-state index contributed by atoms with van der Waals surface area (Å²) in [7, 11) is 0. The molecule has 0 aliphatic rings. The molecule has 6 heteroatoms. The maximum Gasteiger partial charge on any atom is 0.305 e. The van der Waals surface area contributed by atoms with Crippen molar-refractivity contribution in [1.29, 1.82) is 0 Å². The molecule has 0 aliphatic carbocycles. The molecule has 0 bridgehead atoms. The lowest BCUT2D eigenvalue weighted by molar-refractivity contribution is -0.136. The maximum atomic E-state index is 12.2. The highest BCUT2D eigenvalue weighted by Gasteiger charge is 2.15. The van der Waals surface area contributed by atoms with Gasteiger partial charge in [-0.15, -0.1) is 0 Å². The fourth-order valence-corrected chi connectivity index (χ4v) is 3.33. The number of para-hydroxylation sites is 1. The van der Waals surface area contributed by atoms with Crippen LogP contribution in [0, 0.1) is 5.92 Å². The van der Waals surface area contributed by atoms with Gasteiger partial charge in [-0.2, -0.15) is 0 Å². The summed E-state index contributed by atoms with van der Waals surface area (Å²) in [6, 6.07) is 19.5. The van der Waals surface area contributed by atoms with Crippen molar-refractivity contribution in [2.75, 3.05) is 11.9 Å². The predicted octanol–water partition coefficient (Wildman–Crippen LogP) is 4.64. The lowest BCUT2D eigenvalue weighted by Crippen LogP contribution is -2.26. The summed E-state index contributed by atoms with van der Waals surface area (Å²) in [5, 5.41) is 15.9. The smallest absolute Gasteiger partial charge is 0.305 e. The van der Waals surface area contributed by atoms with Gasteiger partial charge < -0.3 is 15.7 Å². The average molecular weight is 405 g/mol. The van der Waals surface area contributed by atoms with Crippen molar-refractivity contribution in [3.8, 4) is 0 Å². The second-order valence-electron chi connectivity index (χ2n) is 7.74. The standard InChI is InChI=1S/C24H27N3O3/c1-16(2)15-21(27-22-12-11-17-5-3-4-6-20(17)26-22)18-7-9-19(10-8-18)24(30)25-14-13-23(28)29/h3-12,16,21H,13-15H2,1-2H3,(H,25,30)(H,26,27)(H,28,29)/t21-/m0/s1. The number of amides is 1. The summed E-state index contributed by atoms with van der Waals surface area (Å²) in [5.41, 5.74) is 2.52. The Kier molecular flexibility index (Phi) is 7.01. The van der Waals surface area contributed by atoms with Gasteiger partial charge in [0.05, 0.1) is 18.0 Å². The van der Waals surface area contributed by atoms with E-state index >= 15 is 0 Å². The second kappa shape index (κ2) is 9.87. The van der Waals surface area contributed by atoms with E-state index in [-0.39, 0.29) is 24.9 Å². The molecule has 0 saturated carbocycles. The van der Waals surface area contributed by atoms with Crippen molar-refractivity contribution in [3.05, 3.63) is 71.8 Å². The third-order valence-corrected chi connectivity index (χ3v) is 4.83. The summed E-state index contributed by atoms with van der Waals surface area (Å²) >= 11 is 0. The number of nitrogens with zero attached hydrogens (tertiary/aromatic N) is 1. The number of aliphatic carboxylic acids is 1. The number of fused-ring (bicyclic) bond motifs is 1. The molecule has 0 spiro atoms. The second-order valence-corrected chi connectivity index (χ2v) is 7.74. The summed E-state index contributed by atoms with van der Waals surface area (Å²) in [6.45, 7) is 4.46. The number of benzene rings is 2. The number of nitrogens with one attached hydrogen (secondary N) is 2. The molecule has 1 heterocycles. The number of anilines is 1. The van der Waals surface area contributed by atoms with Crippen molar-refractivity contribution in [2.45, 2.75) is 32.7 Å². The third-order valence-electron chi connectivity index (χ3n) is 4.83. The van der Waals surface area contributed by atoms with Crippen molar-refractivity contribution in [3.63, 3.8) is 0 Å². The van der Waals surface area contributed by atoms with Gasteiger partial charge in [-0.05, 0) is 48.2 Å². The van der Waals surface area contributed by atoms with Gasteiger partial charge in [0.15, 0.2) is 0 Å². The number of rotatable bonds is 9. The fourth-order valence-electron chi connectivity index (χ4n) is 3.33. The van der Waals surface area contributed by atoms with Crippen LogP contribution in [0.3, 0.4) is 0 Å². The Morgan fingerprint density at radius 2 is 1.73 bits per heavy atom. The highest BCUT2D eigenvalue weighted by molar-refractivity contribution is 5.94. The first kappa shape index (κ1) is 21.3. The van der Waals surface area contributed by atoms with Crippen LogP contribution in [-0.2, 0) is 4.79 Å². The van der Waals surface area contributed by atoms with E-state index in [1.165, 1.54) is 0 Å². The first-order valence-electron chi connectivity index (χ1n) is 10.1. The topological polar surface area (TPSA) is 91.3 Å². The average Bonchev–Trinajstić information content (AvgIpc) is 2.72. The minimum Gasteiger partial charge on any atom is -0.481 e. The Morgan fingerprint density at radius 3 is 2.43 bits per heavy atom. The maximum absolute atomic E-state index is 12.2. The molecule has 0 saturated heterocycles. The Morgan fingerprint density at radius 1 is 1.00 bits per heavy atom. The molecule has 156 valence electrons. The Balaban J connectivity index is 1.74. The number of carboxylic acid groups (broad SMARTS) is 1. The largest absolute Gasteiger partial charge is 0.481 e. The van der Waals surface area contributed by atoms with E-state index < -0.39 is 5.97 Å². The van der Waals surface area contributed by atoms with Crippen LogP contribution in [0.5, 0.6) is 0 Å². The summed E-state index contributed by atoms with van der Waals surface area (Å²) in [6.07, 6.45) is 0.821. The molecule has 3 rings (SSSR count). The zero-order valence-electron chi connectivity index (χ0n) is 17.3. The number of carboxylic acids is 1. The number of hydrogen-bond acceptors (Lipinski definition) is 4. The monoisotopic (exact) mass is 405 g/mol. The van der Waals surface area contributed by atoms with Crippen LogP contribution in [0.15, 0.2) is 60.7 Å². The summed E-state index contributed by atoms with van der Waals surface area (Å²) < 4.78 is 0.